The van der Waals surface area contributed by atoms with E-state index in [2.05, 4.69) is 21.2 Å². The standard InChI is InChI=1S/C26H26N6O5S/c1-3-19-14-29-26(36-19)21-12-18(13-27)25(30-16(21)2)32(10-8-17(9-11-32)24(28)33)38(34,35)15-22-20-6-4-5-7-23(20)37-31-22/h4-7,12,14,17H,3,8-11,15H2,1-2H3,(H-,28,33)/p+1. The van der Waals surface area contributed by atoms with Crippen molar-refractivity contribution < 1.29 is 22.2 Å². The molecule has 11 nitrogen and oxygen atoms in total. The first-order valence-corrected chi connectivity index (χ1v) is 13.9. The summed E-state index contributed by atoms with van der Waals surface area (Å²) in [6.07, 6.45) is 2.74. The lowest BCUT2D eigenvalue weighted by Gasteiger charge is -2.40. The summed E-state index contributed by atoms with van der Waals surface area (Å²) in [5.41, 5.74) is 7.37. The average molecular weight is 536 g/mol. The molecule has 3 aromatic heterocycles. The van der Waals surface area contributed by atoms with Crippen molar-refractivity contribution >= 4 is 32.7 Å². The predicted molar refractivity (Wildman–Crippen MR) is 139 cm³/mol. The van der Waals surface area contributed by atoms with E-state index in [0.717, 1.165) is 0 Å². The third-order valence-electron chi connectivity index (χ3n) is 7.22. The number of amides is 1. The van der Waals surface area contributed by atoms with E-state index in [1.54, 1.807) is 43.5 Å². The third kappa shape index (κ3) is 4.23. The van der Waals surface area contributed by atoms with Crippen LogP contribution in [0.4, 0.5) is 5.82 Å². The van der Waals surface area contributed by atoms with Crippen molar-refractivity contribution in [2.24, 2.45) is 11.7 Å². The maximum absolute atomic E-state index is 14.3. The van der Waals surface area contributed by atoms with E-state index >= 15 is 0 Å². The van der Waals surface area contributed by atoms with Crippen LogP contribution in [-0.2, 0) is 27.0 Å². The molecular formula is C26H27N6O5S+. The summed E-state index contributed by atoms with van der Waals surface area (Å²) in [4.78, 5) is 20.9. The number of fused-ring (bicyclic) bond motifs is 1. The zero-order chi connectivity index (χ0) is 27.1. The molecule has 0 saturated carbocycles. The number of nitriles is 1. The molecule has 1 aliphatic heterocycles. The molecule has 4 heterocycles. The number of nitrogens with two attached hydrogens (primary N) is 1. The maximum atomic E-state index is 14.3. The van der Waals surface area contributed by atoms with Gasteiger partial charge in [0.25, 0.3) is 5.82 Å². The first-order valence-electron chi connectivity index (χ1n) is 12.3. The summed E-state index contributed by atoms with van der Waals surface area (Å²) >= 11 is 0. The zero-order valence-electron chi connectivity index (χ0n) is 21.0. The molecule has 0 radical (unpaired) electrons. The number of aromatic nitrogens is 3. The van der Waals surface area contributed by atoms with Gasteiger partial charge in [0.1, 0.15) is 41.9 Å². The highest BCUT2D eigenvalue weighted by Crippen LogP contribution is 2.39. The number of quaternary nitrogens is 1. The van der Waals surface area contributed by atoms with Crippen LogP contribution in [0.3, 0.4) is 0 Å². The molecule has 1 amide bonds. The molecular weight excluding hydrogens is 508 g/mol. The lowest BCUT2D eigenvalue weighted by molar-refractivity contribution is -0.122. The Bertz CT molecular complexity index is 1680. The molecule has 0 unspecified atom stereocenters. The maximum Gasteiger partial charge on any atom is 0.309 e. The molecule has 1 aromatic carbocycles. The van der Waals surface area contributed by atoms with Gasteiger partial charge in [0.05, 0.1) is 17.5 Å². The minimum Gasteiger partial charge on any atom is -0.441 e. The Balaban J connectivity index is 1.64. The summed E-state index contributed by atoms with van der Waals surface area (Å²) in [5, 5.41) is 14.8. The minimum atomic E-state index is -4.08. The van der Waals surface area contributed by atoms with E-state index in [0.29, 0.717) is 40.3 Å². The van der Waals surface area contributed by atoms with Gasteiger partial charge in [-0.1, -0.05) is 24.2 Å². The Hall–Kier alpha value is -4.08. The normalized spacial score (nSPS) is 19.9. The van der Waals surface area contributed by atoms with Gasteiger partial charge in [-0.25, -0.2) is 4.98 Å². The first kappa shape index (κ1) is 25.6. The number of piperidine rings is 1. The van der Waals surface area contributed by atoms with Gasteiger partial charge < -0.3 is 14.7 Å². The number of primary amides is 1. The summed E-state index contributed by atoms with van der Waals surface area (Å²) in [6, 6.07) is 10.7. The van der Waals surface area contributed by atoms with Gasteiger partial charge in [-0.05, 0) is 25.1 Å². The van der Waals surface area contributed by atoms with E-state index in [-0.39, 0.29) is 43.0 Å². The molecule has 1 saturated heterocycles. The molecule has 5 rings (SSSR count). The van der Waals surface area contributed by atoms with Crippen LogP contribution in [0, 0.1) is 24.2 Å². The summed E-state index contributed by atoms with van der Waals surface area (Å²) < 4.78 is 39.0. The van der Waals surface area contributed by atoms with Crippen molar-refractivity contribution in [2.75, 3.05) is 13.1 Å². The smallest absolute Gasteiger partial charge is 0.309 e. The second-order valence-corrected chi connectivity index (χ2v) is 11.6. The second kappa shape index (κ2) is 9.66. The molecule has 0 bridgehead atoms. The van der Waals surface area contributed by atoms with Crippen molar-refractivity contribution in [1.29, 1.82) is 5.26 Å². The Morgan fingerprint density at radius 2 is 2.00 bits per heavy atom. The van der Waals surface area contributed by atoms with Crippen LogP contribution in [0.15, 0.2) is 45.5 Å². The molecule has 4 aromatic rings. The fourth-order valence-corrected chi connectivity index (χ4v) is 7.00. The molecule has 196 valence electrons. The van der Waals surface area contributed by atoms with Gasteiger partial charge in [0, 0.05) is 30.6 Å². The molecule has 0 atom stereocenters. The van der Waals surface area contributed by atoms with E-state index in [4.69, 9.17) is 14.7 Å². The lowest BCUT2D eigenvalue weighted by atomic mass is 9.96. The first-order chi connectivity index (χ1) is 18.2. The van der Waals surface area contributed by atoms with Gasteiger partial charge in [-0.3, -0.25) is 4.79 Å². The summed E-state index contributed by atoms with van der Waals surface area (Å²) in [7, 11) is -4.08. The second-order valence-electron chi connectivity index (χ2n) is 9.45. The molecule has 12 heteroatoms. The number of rotatable bonds is 7. The number of sulfonamides is 1. The van der Waals surface area contributed by atoms with Gasteiger partial charge in [0.15, 0.2) is 5.58 Å². The van der Waals surface area contributed by atoms with Gasteiger partial charge in [-0.15, -0.1) is 0 Å². The van der Waals surface area contributed by atoms with E-state index in [9.17, 15) is 18.5 Å². The number of hydrogen-bond donors (Lipinski definition) is 1. The molecule has 0 spiro atoms. The van der Waals surface area contributed by atoms with Crippen LogP contribution < -0.4 is 9.62 Å². The van der Waals surface area contributed by atoms with Crippen LogP contribution in [0.25, 0.3) is 22.4 Å². The number of oxazole rings is 1. The van der Waals surface area contributed by atoms with E-state index in [1.807, 2.05) is 6.92 Å². The van der Waals surface area contributed by atoms with Gasteiger partial charge in [-0.2, -0.15) is 22.6 Å². The van der Waals surface area contributed by atoms with Crippen LogP contribution in [-0.4, -0.2) is 42.5 Å². The Kier molecular flexibility index (Phi) is 6.50. The van der Waals surface area contributed by atoms with Crippen molar-refractivity contribution in [3.8, 4) is 17.5 Å². The molecule has 2 N–H and O–H groups in total. The van der Waals surface area contributed by atoms with Crippen LogP contribution in [0.1, 0.15) is 42.5 Å². The zero-order valence-corrected chi connectivity index (χ0v) is 21.9. The topological polar surface area (TPSA) is 166 Å². The summed E-state index contributed by atoms with van der Waals surface area (Å²) in [6.45, 7) is 3.72. The SMILES string of the molecule is CCc1cnc(-c2cc(C#N)c([N+]3(S(=O)(=O)Cc4noc5ccccc45)CCC(C(N)=O)CC3)nc2C)o1. The van der Waals surface area contributed by atoms with Gasteiger partial charge in [0.2, 0.25) is 11.8 Å². The van der Waals surface area contributed by atoms with Crippen LogP contribution in [0.2, 0.25) is 0 Å². The Morgan fingerprint density at radius 3 is 2.66 bits per heavy atom. The highest BCUT2D eigenvalue weighted by Gasteiger charge is 2.51. The number of benzene rings is 1. The molecule has 1 fully saturated rings. The molecule has 1 aliphatic rings. The molecule has 0 aliphatic carbocycles. The fourth-order valence-electron chi connectivity index (χ4n) is 5.03. The number of nitrogens with zero attached hydrogens (tertiary/aromatic N) is 5. The average Bonchev–Trinajstić information content (AvgIpc) is 3.55. The number of carbonyl (C=O) groups is 1. The largest absolute Gasteiger partial charge is 0.441 e. The number of para-hydroxylation sites is 1. The monoisotopic (exact) mass is 535 g/mol. The Labute approximate surface area is 219 Å². The van der Waals surface area contributed by atoms with E-state index < -0.39 is 31.5 Å². The van der Waals surface area contributed by atoms with E-state index in [1.165, 1.54) is 0 Å². The minimum absolute atomic E-state index is 0.0329. The molecule has 38 heavy (non-hydrogen) atoms. The van der Waals surface area contributed by atoms with Crippen LogP contribution >= 0.6 is 0 Å². The quantitative estimate of drug-likeness (QED) is 0.349. The third-order valence-corrected chi connectivity index (χ3v) is 9.46. The lowest BCUT2D eigenvalue weighted by Crippen LogP contribution is -2.60. The van der Waals surface area contributed by atoms with Crippen molar-refractivity contribution in [1.82, 2.24) is 19.0 Å². The van der Waals surface area contributed by atoms with Crippen molar-refractivity contribution in [3.05, 3.63) is 59.2 Å². The highest BCUT2D eigenvalue weighted by molar-refractivity contribution is 7.90. The predicted octanol–water partition coefficient (Wildman–Crippen LogP) is 3.35. The summed E-state index contributed by atoms with van der Waals surface area (Å²) in [5.74, 6) is -0.273. The van der Waals surface area contributed by atoms with Gasteiger partial charge >= 0.3 is 10.0 Å². The van der Waals surface area contributed by atoms with Crippen LogP contribution in [0.5, 0.6) is 0 Å². The number of hydrogen-bond acceptors (Lipinski definition) is 9. The van der Waals surface area contributed by atoms with Crippen molar-refractivity contribution in [3.63, 3.8) is 0 Å². The Morgan fingerprint density at radius 1 is 1.26 bits per heavy atom. The number of pyridine rings is 1. The number of aryl methyl sites for hydroxylation is 2. The fraction of sp³-hybridized carbons (Fsp3) is 0.346. The van der Waals surface area contributed by atoms with Crippen molar-refractivity contribution in [2.45, 2.75) is 38.9 Å². The number of carbonyl (C=O) groups excluding carboxylic acids is 1. The highest BCUT2D eigenvalue weighted by atomic mass is 32.2.